The van der Waals surface area contributed by atoms with Gasteiger partial charge >= 0.3 is 0 Å². The van der Waals surface area contributed by atoms with Crippen molar-refractivity contribution in [2.45, 2.75) is 13.8 Å². The third-order valence-electron chi connectivity index (χ3n) is 2.32. The van der Waals surface area contributed by atoms with Crippen molar-refractivity contribution in [2.75, 3.05) is 0 Å². The Kier molecular flexibility index (Phi) is 2.62. The average Bonchev–Trinajstić information content (AvgIpc) is 2.14. The van der Waals surface area contributed by atoms with Gasteiger partial charge in [-0.15, -0.1) is 0 Å². The lowest BCUT2D eigenvalue weighted by atomic mass is 10.1. The summed E-state index contributed by atoms with van der Waals surface area (Å²) in [7, 11) is 0. The largest absolute Gasteiger partial charge is 0.241 e. The summed E-state index contributed by atoms with van der Waals surface area (Å²) in [5, 5.41) is 1.20. The minimum Gasteiger partial charge on any atom is -0.241 e. The molecule has 0 spiro atoms. The molecule has 0 aliphatic rings. The zero-order valence-electron chi connectivity index (χ0n) is 7.94. The van der Waals surface area contributed by atoms with E-state index >= 15 is 0 Å². The SMILES string of the molecule is Cc1cc2nc(Br)ccc2c(C)c1Br. The van der Waals surface area contributed by atoms with Crippen LogP contribution in [0.4, 0.5) is 0 Å². The van der Waals surface area contributed by atoms with E-state index in [0.29, 0.717) is 0 Å². The fourth-order valence-corrected chi connectivity index (χ4v) is 2.21. The summed E-state index contributed by atoms with van der Waals surface area (Å²) < 4.78 is 2.06. The summed E-state index contributed by atoms with van der Waals surface area (Å²) in [6, 6.07) is 6.15. The second-order valence-corrected chi connectivity index (χ2v) is 4.94. The van der Waals surface area contributed by atoms with Gasteiger partial charge in [0.2, 0.25) is 0 Å². The highest BCUT2D eigenvalue weighted by atomic mass is 79.9. The maximum absolute atomic E-state index is 4.43. The van der Waals surface area contributed by atoms with Crippen LogP contribution in [0.15, 0.2) is 27.3 Å². The number of benzene rings is 1. The Bertz CT molecular complexity index is 506. The van der Waals surface area contributed by atoms with Gasteiger partial charge in [-0.2, -0.15) is 0 Å². The molecule has 0 saturated carbocycles. The number of nitrogens with zero attached hydrogens (tertiary/aromatic N) is 1. The average molecular weight is 315 g/mol. The Labute approximate surface area is 99.8 Å². The van der Waals surface area contributed by atoms with Gasteiger partial charge in [-0.25, -0.2) is 4.98 Å². The molecule has 0 unspecified atom stereocenters. The van der Waals surface area contributed by atoms with Gasteiger partial charge in [-0.05, 0) is 59.1 Å². The van der Waals surface area contributed by atoms with Crippen LogP contribution < -0.4 is 0 Å². The van der Waals surface area contributed by atoms with E-state index in [9.17, 15) is 0 Å². The highest BCUT2D eigenvalue weighted by Gasteiger charge is 2.05. The van der Waals surface area contributed by atoms with E-state index in [2.05, 4.69) is 62.8 Å². The zero-order valence-corrected chi connectivity index (χ0v) is 11.1. The van der Waals surface area contributed by atoms with Crippen molar-refractivity contribution in [3.05, 3.63) is 38.4 Å². The van der Waals surface area contributed by atoms with E-state index in [4.69, 9.17) is 0 Å². The molecule has 1 aromatic heterocycles. The lowest BCUT2D eigenvalue weighted by Crippen LogP contribution is -1.88. The molecule has 2 rings (SSSR count). The zero-order chi connectivity index (χ0) is 10.3. The Hall–Kier alpha value is -0.410. The Balaban J connectivity index is 2.91. The normalized spacial score (nSPS) is 10.9. The Morgan fingerprint density at radius 3 is 2.57 bits per heavy atom. The first-order valence-corrected chi connectivity index (χ1v) is 5.90. The number of pyridine rings is 1. The van der Waals surface area contributed by atoms with Gasteiger partial charge in [-0.1, -0.05) is 15.9 Å². The van der Waals surface area contributed by atoms with Crippen LogP contribution >= 0.6 is 31.9 Å². The minimum atomic E-state index is 0.881. The van der Waals surface area contributed by atoms with Crippen molar-refractivity contribution in [3.63, 3.8) is 0 Å². The van der Waals surface area contributed by atoms with E-state index in [1.807, 2.05) is 6.07 Å². The predicted molar refractivity (Wildman–Crippen MR) is 66.6 cm³/mol. The van der Waals surface area contributed by atoms with Gasteiger partial charge in [0, 0.05) is 9.86 Å². The van der Waals surface area contributed by atoms with Gasteiger partial charge in [0.05, 0.1) is 5.52 Å². The minimum absolute atomic E-state index is 0.881. The molecule has 0 aliphatic heterocycles. The summed E-state index contributed by atoms with van der Waals surface area (Å²) in [5.41, 5.74) is 3.51. The third kappa shape index (κ3) is 1.59. The van der Waals surface area contributed by atoms with Crippen LogP contribution in [0.5, 0.6) is 0 Å². The molecule has 0 N–H and O–H groups in total. The molecule has 0 bridgehead atoms. The number of fused-ring (bicyclic) bond motifs is 1. The second kappa shape index (κ2) is 3.63. The lowest BCUT2D eigenvalue weighted by molar-refractivity contribution is 1.30. The molecule has 0 atom stereocenters. The summed E-state index contributed by atoms with van der Waals surface area (Å²) in [4.78, 5) is 4.43. The van der Waals surface area contributed by atoms with Crippen LogP contribution in [-0.2, 0) is 0 Å². The molecular weight excluding hydrogens is 306 g/mol. The molecule has 0 fully saturated rings. The molecule has 1 nitrogen and oxygen atoms in total. The standard InChI is InChI=1S/C11H9Br2N/c1-6-5-9-8(7(2)11(6)13)3-4-10(12)14-9/h3-5H,1-2H3. The third-order valence-corrected chi connectivity index (χ3v) is 3.99. The number of hydrogen-bond acceptors (Lipinski definition) is 1. The highest BCUT2D eigenvalue weighted by Crippen LogP contribution is 2.29. The Morgan fingerprint density at radius 2 is 1.86 bits per heavy atom. The number of halogens is 2. The first kappa shape index (κ1) is 10.1. The molecule has 0 radical (unpaired) electrons. The summed E-state index contributed by atoms with van der Waals surface area (Å²) >= 11 is 6.96. The van der Waals surface area contributed by atoms with Gasteiger partial charge in [0.25, 0.3) is 0 Å². The topological polar surface area (TPSA) is 12.9 Å². The van der Waals surface area contributed by atoms with Crippen LogP contribution in [-0.4, -0.2) is 4.98 Å². The monoisotopic (exact) mass is 313 g/mol. The lowest BCUT2D eigenvalue weighted by Gasteiger charge is -2.07. The van der Waals surface area contributed by atoms with Crippen molar-refractivity contribution in [2.24, 2.45) is 0 Å². The van der Waals surface area contributed by atoms with E-state index in [1.165, 1.54) is 21.0 Å². The molecule has 2 aromatic rings. The Morgan fingerprint density at radius 1 is 1.14 bits per heavy atom. The molecule has 3 heteroatoms. The van der Waals surface area contributed by atoms with E-state index in [0.717, 1.165) is 10.1 Å². The molecule has 0 aliphatic carbocycles. The van der Waals surface area contributed by atoms with Crippen molar-refractivity contribution in [3.8, 4) is 0 Å². The van der Waals surface area contributed by atoms with Crippen LogP contribution in [0.3, 0.4) is 0 Å². The van der Waals surface area contributed by atoms with E-state index < -0.39 is 0 Å². The van der Waals surface area contributed by atoms with Gasteiger partial charge in [0.1, 0.15) is 4.60 Å². The van der Waals surface area contributed by atoms with Crippen molar-refractivity contribution >= 4 is 42.8 Å². The van der Waals surface area contributed by atoms with Crippen LogP contribution in [0.2, 0.25) is 0 Å². The summed E-state index contributed by atoms with van der Waals surface area (Å²) in [6.07, 6.45) is 0. The summed E-state index contributed by atoms with van der Waals surface area (Å²) in [5.74, 6) is 0. The quantitative estimate of drug-likeness (QED) is 0.658. The fourth-order valence-electron chi connectivity index (χ4n) is 1.56. The molecule has 0 amide bonds. The van der Waals surface area contributed by atoms with Crippen molar-refractivity contribution in [1.82, 2.24) is 4.98 Å². The first-order chi connectivity index (χ1) is 6.59. The number of rotatable bonds is 0. The maximum atomic E-state index is 4.43. The molecule has 1 aromatic carbocycles. The van der Waals surface area contributed by atoms with Crippen LogP contribution in [0.25, 0.3) is 10.9 Å². The molecule has 72 valence electrons. The summed E-state index contributed by atoms with van der Waals surface area (Å²) in [6.45, 7) is 4.19. The first-order valence-electron chi connectivity index (χ1n) is 4.31. The number of hydrogen-bond donors (Lipinski definition) is 0. The predicted octanol–water partition coefficient (Wildman–Crippen LogP) is 4.38. The van der Waals surface area contributed by atoms with Gasteiger partial charge in [-0.3, -0.25) is 0 Å². The molecule has 14 heavy (non-hydrogen) atoms. The van der Waals surface area contributed by atoms with Crippen molar-refractivity contribution < 1.29 is 0 Å². The van der Waals surface area contributed by atoms with E-state index in [-0.39, 0.29) is 0 Å². The second-order valence-electron chi connectivity index (χ2n) is 3.33. The maximum Gasteiger partial charge on any atom is 0.106 e. The fraction of sp³-hybridized carbons (Fsp3) is 0.182. The highest BCUT2D eigenvalue weighted by molar-refractivity contribution is 9.10. The molecule has 1 heterocycles. The van der Waals surface area contributed by atoms with Crippen molar-refractivity contribution in [1.29, 1.82) is 0 Å². The number of aromatic nitrogens is 1. The smallest absolute Gasteiger partial charge is 0.106 e. The molecule has 0 saturated heterocycles. The molecular formula is C11H9Br2N. The van der Waals surface area contributed by atoms with Crippen LogP contribution in [0.1, 0.15) is 11.1 Å². The van der Waals surface area contributed by atoms with Crippen LogP contribution in [0, 0.1) is 13.8 Å². The van der Waals surface area contributed by atoms with E-state index in [1.54, 1.807) is 0 Å². The number of aryl methyl sites for hydroxylation is 2. The van der Waals surface area contributed by atoms with Gasteiger partial charge in [0.15, 0.2) is 0 Å². The van der Waals surface area contributed by atoms with Gasteiger partial charge < -0.3 is 0 Å².